The molecule has 2 aromatic heterocycles. The van der Waals surface area contributed by atoms with E-state index in [4.69, 9.17) is 16.3 Å². The third-order valence-corrected chi connectivity index (χ3v) is 5.71. The lowest BCUT2D eigenvalue weighted by molar-refractivity contribution is 0.102. The zero-order valence-corrected chi connectivity index (χ0v) is 17.0. The van der Waals surface area contributed by atoms with Gasteiger partial charge in [0.25, 0.3) is 0 Å². The monoisotopic (exact) mass is 425 g/mol. The predicted octanol–water partition coefficient (Wildman–Crippen LogP) is 5.41. The van der Waals surface area contributed by atoms with Gasteiger partial charge in [-0.25, -0.2) is 9.37 Å². The summed E-state index contributed by atoms with van der Waals surface area (Å²) in [6, 6.07) is 14.8. The van der Waals surface area contributed by atoms with E-state index in [2.05, 4.69) is 26.6 Å². The van der Waals surface area contributed by atoms with Gasteiger partial charge in [-0.1, -0.05) is 23.7 Å². The lowest BCUT2D eigenvalue weighted by Gasteiger charge is -2.35. The van der Waals surface area contributed by atoms with Crippen molar-refractivity contribution in [2.45, 2.75) is 38.2 Å². The first-order chi connectivity index (χ1) is 14.6. The topological polar surface area (TPSA) is 86.6 Å². The zero-order valence-electron chi connectivity index (χ0n) is 16.2. The molecule has 30 heavy (non-hydrogen) atoms. The Kier molecular flexibility index (Phi) is 5.86. The molecule has 1 saturated carbocycles. The van der Waals surface area contributed by atoms with E-state index in [0.29, 0.717) is 43.7 Å². The zero-order chi connectivity index (χ0) is 21.0. The molecule has 1 aromatic carbocycles. The minimum absolute atomic E-state index is 0.0454. The van der Waals surface area contributed by atoms with Crippen LogP contribution in [0.3, 0.4) is 0 Å². The van der Waals surface area contributed by atoms with E-state index in [-0.39, 0.29) is 16.9 Å². The Morgan fingerprint density at radius 1 is 1.20 bits per heavy atom. The van der Waals surface area contributed by atoms with Crippen molar-refractivity contribution in [3.8, 4) is 11.8 Å². The molecule has 4 rings (SSSR count). The molecule has 1 fully saturated rings. The molecule has 0 atom stereocenters. The van der Waals surface area contributed by atoms with Gasteiger partial charge in [0.2, 0.25) is 0 Å². The van der Waals surface area contributed by atoms with Crippen LogP contribution in [0, 0.1) is 22.6 Å². The summed E-state index contributed by atoms with van der Waals surface area (Å²) in [6.07, 6.45) is 4.81. The average Bonchev–Trinajstić information content (AvgIpc) is 3.26. The van der Waals surface area contributed by atoms with E-state index in [1.807, 2.05) is 24.3 Å². The number of pyridine rings is 1. The number of nitrogens with one attached hydrogen (secondary N) is 2. The molecular formula is C22H21ClFN5O. The summed E-state index contributed by atoms with van der Waals surface area (Å²) in [6.45, 7) is 0. The number of H-pyrrole nitrogens is 1. The van der Waals surface area contributed by atoms with Crippen molar-refractivity contribution in [2.75, 3.05) is 5.32 Å². The number of hydrogen-bond acceptors (Lipinski definition) is 5. The molecule has 6 nitrogen and oxygen atoms in total. The fraction of sp³-hybridized carbons (Fsp3) is 0.318. The van der Waals surface area contributed by atoms with Crippen molar-refractivity contribution in [3.63, 3.8) is 0 Å². The summed E-state index contributed by atoms with van der Waals surface area (Å²) >= 11 is 5.83. The van der Waals surface area contributed by atoms with Gasteiger partial charge in [0.1, 0.15) is 5.82 Å². The largest absolute Gasteiger partial charge is 0.487 e. The number of aromatic nitrogens is 3. The first-order valence-corrected chi connectivity index (χ1v) is 10.2. The van der Waals surface area contributed by atoms with Crippen LogP contribution in [0.15, 0.2) is 48.7 Å². The first-order valence-electron chi connectivity index (χ1n) is 9.82. The number of halogens is 2. The van der Waals surface area contributed by atoms with E-state index in [1.165, 1.54) is 6.07 Å². The molecule has 2 heterocycles. The average molecular weight is 426 g/mol. The number of rotatable bonds is 6. The number of benzene rings is 1. The van der Waals surface area contributed by atoms with Gasteiger partial charge in [0.05, 0.1) is 22.6 Å². The summed E-state index contributed by atoms with van der Waals surface area (Å²) in [5.41, 5.74) is 0.336. The fourth-order valence-corrected chi connectivity index (χ4v) is 3.97. The lowest BCUT2D eigenvalue weighted by atomic mass is 9.71. The Morgan fingerprint density at radius 3 is 2.73 bits per heavy atom. The van der Waals surface area contributed by atoms with Crippen molar-refractivity contribution in [1.29, 1.82) is 5.26 Å². The maximum absolute atomic E-state index is 14.1. The van der Waals surface area contributed by atoms with Gasteiger partial charge < -0.3 is 10.1 Å². The van der Waals surface area contributed by atoms with Crippen LogP contribution in [0.2, 0.25) is 5.02 Å². The van der Waals surface area contributed by atoms with Crippen LogP contribution in [-0.2, 0) is 6.42 Å². The van der Waals surface area contributed by atoms with Crippen LogP contribution >= 0.6 is 11.6 Å². The molecule has 0 unspecified atom stereocenters. The molecule has 154 valence electrons. The Balaban J connectivity index is 1.40. The van der Waals surface area contributed by atoms with E-state index in [0.717, 1.165) is 5.69 Å². The third-order valence-electron chi connectivity index (χ3n) is 5.42. The molecule has 0 radical (unpaired) electrons. The van der Waals surface area contributed by atoms with Crippen LogP contribution in [0.4, 0.5) is 16.0 Å². The molecule has 1 aliphatic carbocycles. The first kappa shape index (κ1) is 20.2. The fourth-order valence-electron chi connectivity index (χ4n) is 3.80. The maximum atomic E-state index is 14.1. The van der Waals surface area contributed by atoms with Gasteiger partial charge in [-0.2, -0.15) is 10.4 Å². The van der Waals surface area contributed by atoms with Crippen LogP contribution in [0.1, 0.15) is 31.4 Å². The smallest absolute Gasteiger partial charge is 0.183 e. The van der Waals surface area contributed by atoms with Crippen molar-refractivity contribution in [1.82, 2.24) is 15.2 Å². The predicted molar refractivity (Wildman–Crippen MR) is 112 cm³/mol. The highest BCUT2D eigenvalue weighted by molar-refractivity contribution is 6.30. The Bertz CT molecular complexity index is 1040. The summed E-state index contributed by atoms with van der Waals surface area (Å²) in [5.74, 6) is 0.985. The Labute approximate surface area is 179 Å². The van der Waals surface area contributed by atoms with Crippen molar-refractivity contribution in [3.05, 3.63) is 65.2 Å². The molecule has 0 bridgehead atoms. The molecule has 2 N–H and O–H groups in total. The summed E-state index contributed by atoms with van der Waals surface area (Å²) in [4.78, 5) is 4.63. The normalized spacial score (nSPS) is 21.0. The van der Waals surface area contributed by atoms with E-state index >= 15 is 0 Å². The van der Waals surface area contributed by atoms with Crippen molar-refractivity contribution < 1.29 is 9.13 Å². The van der Waals surface area contributed by atoms with Gasteiger partial charge in [-0.15, -0.1) is 0 Å². The van der Waals surface area contributed by atoms with Crippen LogP contribution in [0.5, 0.6) is 5.75 Å². The summed E-state index contributed by atoms with van der Waals surface area (Å²) in [5, 5.41) is 19.9. The van der Waals surface area contributed by atoms with Crippen LogP contribution in [0.25, 0.3) is 0 Å². The Hall–Kier alpha value is -3.11. The van der Waals surface area contributed by atoms with Gasteiger partial charge >= 0.3 is 0 Å². The van der Waals surface area contributed by atoms with E-state index < -0.39 is 11.2 Å². The molecule has 0 spiro atoms. The van der Waals surface area contributed by atoms with Crippen molar-refractivity contribution >= 4 is 23.2 Å². The number of nitrogens with zero attached hydrogens (tertiary/aromatic N) is 3. The lowest BCUT2D eigenvalue weighted by Crippen LogP contribution is -2.33. The number of nitriles is 1. The summed E-state index contributed by atoms with van der Waals surface area (Å²) < 4.78 is 19.9. The third kappa shape index (κ3) is 4.55. The number of anilines is 2. The van der Waals surface area contributed by atoms with Gasteiger partial charge in [-0.3, -0.25) is 5.10 Å². The highest BCUT2D eigenvalue weighted by Gasteiger charge is 2.37. The van der Waals surface area contributed by atoms with Crippen molar-refractivity contribution in [2.24, 2.45) is 5.41 Å². The van der Waals surface area contributed by atoms with Gasteiger partial charge in [0, 0.05) is 24.4 Å². The molecule has 8 heteroatoms. The SMILES string of the molecule is N#CC1(Cc2cccc(Nc3cc[nH]n3)n2)CCC(Oc2cccc(Cl)c2F)CC1. The van der Waals surface area contributed by atoms with E-state index in [1.54, 1.807) is 18.3 Å². The maximum Gasteiger partial charge on any atom is 0.183 e. The van der Waals surface area contributed by atoms with Gasteiger partial charge in [0.15, 0.2) is 17.4 Å². The minimum Gasteiger partial charge on any atom is -0.487 e. The van der Waals surface area contributed by atoms with Gasteiger partial charge in [-0.05, 0) is 49.9 Å². The second kappa shape index (κ2) is 8.72. The molecule has 0 saturated heterocycles. The van der Waals surface area contributed by atoms with E-state index in [9.17, 15) is 9.65 Å². The molecule has 0 amide bonds. The molecule has 3 aromatic rings. The molecule has 0 aliphatic heterocycles. The number of aromatic amines is 1. The quantitative estimate of drug-likeness (QED) is 0.551. The highest BCUT2D eigenvalue weighted by Crippen LogP contribution is 2.40. The van der Waals surface area contributed by atoms with Crippen LogP contribution in [-0.4, -0.2) is 21.3 Å². The molecule has 1 aliphatic rings. The second-order valence-corrected chi connectivity index (χ2v) is 7.94. The number of ether oxygens (including phenoxy) is 1. The standard InChI is InChI=1S/C22H21ClFN5O/c23-17-4-2-5-18(21(17)24)30-16-7-10-22(14-25,11-8-16)13-15-3-1-6-19(27-15)28-20-9-12-26-29-20/h1-6,9,12,16H,7-8,10-11,13H2,(H2,26,27,28,29). The minimum atomic E-state index is -0.540. The Morgan fingerprint density at radius 2 is 2.00 bits per heavy atom. The van der Waals surface area contributed by atoms with Crippen LogP contribution < -0.4 is 10.1 Å². The second-order valence-electron chi connectivity index (χ2n) is 7.54. The number of hydrogen-bond donors (Lipinski definition) is 2. The summed E-state index contributed by atoms with van der Waals surface area (Å²) in [7, 11) is 0. The highest BCUT2D eigenvalue weighted by atomic mass is 35.5. The molecular weight excluding hydrogens is 405 g/mol.